The number of pyridine rings is 1. The van der Waals surface area contributed by atoms with Crippen LogP contribution in [-0.2, 0) is 23.2 Å². The van der Waals surface area contributed by atoms with E-state index >= 15 is 0 Å². The summed E-state index contributed by atoms with van der Waals surface area (Å²) in [5, 5.41) is 13.3. The first-order valence-corrected chi connectivity index (χ1v) is 11.8. The summed E-state index contributed by atoms with van der Waals surface area (Å²) in [6.07, 6.45) is -1.33. The molecule has 33 heavy (non-hydrogen) atoms. The van der Waals surface area contributed by atoms with E-state index < -0.39 is 33.0 Å². The van der Waals surface area contributed by atoms with Crippen molar-refractivity contribution in [2.75, 3.05) is 0 Å². The van der Waals surface area contributed by atoms with Gasteiger partial charge in [-0.1, -0.05) is 19.9 Å². The highest BCUT2D eigenvalue weighted by atomic mass is 32.2. The number of alkyl halides is 3. The summed E-state index contributed by atoms with van der Waals surface area (Å²) >= 11 is 1.27. The summed E-state index contributed by atoms with van der Waals surface area (Å²) in [6.45, 7) is 3.74. The van der Waals surface area contributed by atoms with Crippen LogP contribution in [0.4, 0.5) is 18.0 Å². The van der Waals surface area contributed by atoms with Crippen LogP contribution in [0.5, 0.6) is 5.75 Å². The molecule has 0 radical (unpaired) electrons. The van der Waals surface area contributed by atoms with Crippen molar-refractivity contribution < 1.29 is 35.7 Å². The van der Waals surface area contributed by atoms with Crippen LogP contribution < -0.4 is 15.1 Å². The van der Waals surface area contributed by atoms with Crippen molar-refractivity contribution in [3.8, 4) is 16.2 Å². The van der Waals surface area contributed by atoms with Crippen LogP contribution in [0.2, 0.25) is 0 Å². The topological polar surface area (TPSA) is 115 Å². The zero-order chi connectivity index (χ0) is 24.6. The summed E-state index contributed by atoms with van der Waals surface area (Å²) in [4.78, 5) is 25.0. The number of halogens is 3. The molecular weight excluding hydrogens is 485 g/mol. The standard InChI is InChI=1S/C20H19F3N2O6S2/c1-11(2)10-25-15(9-24-19(27)28)17(16-4-3-7-32-16)14-8-12(5-6-13(14)18(25)26)31-33(29,30)20(21,22)23/h3-8,11,24H,9-10H2,1-2H3,(H,27,28). The van der Waals surface area contributed by atoms with E-state index in [-0.39, 0.29) is 29.8 Å². The lowest BCUT2D eigenvalue weighted by atomic mass is 10.0. The maximum absolute atomic E-state index is 13.3. The van der Waals surface area contributed by atoms with Gasteiger partial charge in [-0.25, -0.2) is 4.79 Å². The molecule has 13 heteroatoms. The van der Waals surface area contributed by atoms with Crippen LogP contribution in [-0.4, -0.2) is 29.7 Å². The molecule has 0 aliphatic rings. The molecule has 0 spiro atoms. The highest BCUT2D eigenvalue weighted by molar-refractivity contribution is 7.88. The van der Waals surface area contributed by atoms with E-state index in [1.807, 2.05) is 13.8 Å². The van der Waals surface area contributed by atoms with E-state index in [9.17, 15) is 31.2 Å². The molecule has 3 rings (SSSR count). The molecule has 2 aromatic heterocycles. The first-order chi connectivity index (χ1) is 15.3. The molecule has 2 N–H and O–H groups in total. The Balaban J connectivity index is 2.35. The number of carbonyl (C=O) groups is 1. The van der Waals surface area contributed by atoms with Gasteiger partial charge in [0.15, 0.2) is 0 Å². The van der Waals surface area contributed by atoms with Gasteiger partial charge in [0.05, 0.1) is 6.54 Å². The summed E-state index contributed by atoms with van der Waals surface area (Å²) in [5.41, 5.74) is -5.44. The first kappa shape index (κ1) is 24.6. The van der Waals surface area contributed by atoms with Crippen molar-refractivity contribution in [1.82, 2.24) is 9.88 Å². The smallest absolute Gasteiger partial charge is 0.465 e. The molecule has 2 heterocycles. The van der Waals surface area contributed by atoms with Gasteiger partial charge in [-0.3, -0.25) is 4.79 Å². The number of nitrogens with one attached hydrogen (secondary N) is 1. The third-order valence-electron chi connectivity index (χ3n) is 4.56. The fourth-order valence-electron chi connectivity index (χ4n) is 3.30. The zero-order valence-electron chi connectivity index (χ0n) is 17.3. The molecule has 1 amide bonds. The molecule has 0 unspecified atom stereocenters. The Labute approximate surface area is 190 Å². The van der Waals surface area contributed by atoms with Gasteiger partial charge in [-0.2, -0.15) is 21.6 Å². The minimum absolute atomic E-state index is 0.0134. The number of hydrogen-bond donors (Lipinski definition) is 2. The largest absolute Gasteiger partial charge is 0.534 e. The van der Waals surface area contributed by atoms with Gasteiger partial charge < -0.3 is 19.2 Å². The van der Waals surface area contributed by atoms with E-state index in [1.54, 1.807) is 17.5 Å². The van der Waals surface area contributed by atoms with Crippen LogP contribution in [0, 0.1) is 5.92 Å². The Bertz CT molecular complexity index is 1350. The van der Waals surface area contributed by atoms with Gasteiger partial charge in [0.25, 0.3) is 5.56 Å². The number of amides is 1. The van der Waals surface area contributed by atoms with E-state index in [1.165, 1.54) is 22.0 Å². The Morgan fingerprint density at radius 3 is 2.48 bits per heavy atom. The van der Waals surface area contributed by atoms with Crippen molar-refractivity contribution in [3.05, 3.63) is 51.8 Å². The average molecular weight is 505 g/mol. The van der Waals surface area contributed by atoms with Gasteiger partial charge in [-0.15, -0.1) is 11.3 Å². The van der Waals surface area contributed by atoms with Gasteiger partial charge in [0.2, 0.25) is 0 Å². The number of nitrogens with zero attached hydrogens (tertiary/aromatic N) is 1. The lowest BCUT2D eigenvalue weighted by molar-refractivity contribution is -0.0500. The third-order valence-corrected chi connectivity index (χ3v) is 6.43. The molecule has 0 atom stereocenters. The van der Waals surface area contributed by atoms with Crippen molar-refractivity contribution in [1.29, 1.82) is 0 Å². The number of fused-ring (bicyclic) bond motifs is 1. The number of hydrogen-bond acceptors (Lipinski definition) is 6. The van der Waals surface area contributed by atoms with E-state index in [2.05, 4.69) is 9.50 Å². The summed E-state index contributed by atoms with van der Waals surface area (Å²) < 4.78 is 67.0. The molecular formula is C20H19F3N2O6S2. The molecule has 0 aliphatic carbocycles. The molecule has 0 saturated heterocycles. The molecule has 0 saturated carbocycles. The third kappa shape index (κ3) is 5.14. The Hall–Kier alpha value is -3.06. The molecule has 1 aromatic carbocycles. The second kappa shape index (κ2) is 9.06. The fourth-order valence-corrected chi connectivity index (χ4v) is 4.56. The van der Waals surface area contributed by atoms with Crippen molar-refractivity contribution in [3.63, 3.8) is 0 Å². The summed E-state index contributed by atoms with van der Waals surface area (Å²) in [5.74, 6) is -0.616. The minimum Gasteiger partial charge on any atom is -0.465 e. The Morgan fingerprint density at radius 1 is 1.24 bits per heavy atom. The Kier molecular flexibility index (Phi) is 6.75. The molecule has 0 bridgehead atoms. The normalized spacial score (nSPS) is 12.3. The highest BCUT2D eigenvalue weighted by Gasteiger charge is 2.48. The number of benzene rings is 1. The average Bonchev–Trinajstić information content (AvgIpc) is 3.21. The molecule has 8 nitrogen and oxygen atoms in total. The predicted molar refractivity (Wildman–Crippen MR) is 117 cm³/mol. The van der Waals surface area contributed by atoms with Crippen molar-refractivity contribution in [2.24, 2.45) is 5.92 Å². The number of aromatic nitrogens is 1. The summed E-state index contributed by atoms with van der Waals surface area (Å²) in [6, 6.07) is 6.63. The second-order valence-electron chi connectivity index (χ2n) is 7.46. The second-order valence-corrected chi connectivity index (χ2v) is 9.94. The van der Waals surface area contributed by atoms with Crippen LogP contribution in [0.15, 0.2) is 40.5 Å². The van der Waals surface area contributed by atoms with Crippen LogP contribution in [0.1, 0.15) is 19.5 Å². The maximum Gasteiger partial charge on any atom is 0.534 e. The monoisotopic (exact) mass is 504 g/mol. The molecule has 0 fully saturated rings. The quantitative estimate of drug-likeness (QED) is 0.365. The van der Waals surface area contributed by atoms with Crippen LogP contribution >= 0.6 is 11.3 Å². The lowest BCUT2D eigenvalue weighted by Crippen LogP contribution is -2.31. The predicted octanol–water partition coefficient (Wildman–Crippen LogP) is 4.38. The molecule has 0 aliphatic heterocycles. The van der Waals surface area contributed by atoms with Crippen LogP contribution in [0.3, 0.4) is 0 Å². The number of rotatable bonds is 7. The van der Waals surface area contributed by atoms with E-state index in [4.69, 9.17) is 5.11 Å². The minimum atomic E-state index is -5.92. The van der Waals surface area contributed by atoms with Crippen molar-refractivity contribution in [2.45, 2.75) is 32.4 Å². The fraction of sp³-hybridized carbons (Fsp3) is 0.300. The SMILES string of the molecule is CC(C)Cn1c(CNC(=O)O)c(-c2cccs2)c2cc(OS(=O)(=O)C(F)(F)F)ccc2c1=O. The summed E-state index contributed by atoms with van der Waals surface area (Å²) in [7, 11) is -5.92. The number of carboxylic acid groups (broad SMARTS) is 1. The van der Waals surface area contributed by atoms with Crippen molar-refractivity contribution >= 4 is 38.3 Å². The van der Waals surface area contributed by atoms with Crippen LogP contribution in [0.25, 0.3) is 21.2 Å². The molecule has 3 aromatic rings. The first-order valence-electron chi connectivity index (χ1n) is 9.52. The Morgan fingerprint density at radius 2 is 1.94 bits per heavy atom. The van der Waals surface area contributed by atoms with E-state index in [0.717, 1.165) is 12.1 Å². The number of thiophene rings is 1. The lowest BCUT2D eigenvalue weighted by Gasteiger charge is -2.21. The van der Waals surface area contributed by atoms with Gasteiger partial charge in [-0.05, 0) is 35.6 Å². The zero-order valence-corrected chi connectivity index (χ0v) is 19.0. The van der Waals surface area contributed by atoms with Gasteiger partial charge in [0.1, 0.15) is 5.75 Å². The van der Waals surface area contributed by atoms with Gasteiger partial charge >= 0.3 is 21.7 Å². The maximum atomic E-state index is 13.3. The highest BCUT2D eigenvalue weighted by Crippen LogP contribution is 2.37. The van der Waals surface area contributed by atoms with Gasteiger partial charge in [0, 0.05) is 33.5 Å². The molecule has 178 valence electrons. The van der Waals surface area contributed by atoms with E-state index in [0.29, 0.717) is 16.1 Å².